The Bertz CT molecular complexity index is 606. The van der Waals surface area contributed by atoms with E-state index in [1.54, 1.807) is 6.07 Å². The molecular weight excluding hydrogens is 283 g/mol. The standard InChI is InChI=1S/C13H13O4PS/c1-2-5-17-13(14)12-7-10-6-9(8-18(15)16)3-4-11(10)19-12/h2-4,6-7,15-16H,1,5,8H2. The maximum Gasteiger partial charge on any atom is 0.348 e. The van der Waals surface area contributed by atoms with Crippen LogP contribution in [0.2, 0.25) is 0 Å². The van der Waals surface area contributed by atoms with Gasteiger partial charge in [0.1, 0.15) is 11.5 Å². The van der Waals surface area contributed by atoms with Gasteiger partial charge in [0, 0.05) is 10.9 Å². The zero-order valence-corrected chi connectivity index (χ0v) is 11.8. The second-order valence-corrected chi connectivity index (χ2v) is 6.04. The molecule has 4 nitrogen and oxygen atoms in total. The molecule has 2 aromatic rings. The van der Waals surface area contributed by atoms with Crippen LogP contribution in [-0.4, -0.2) is 22.4 Å². The third-order valence-corrected chi connectivity index (χ3v) is 4.18. The Balaban J connectivity index is 2.24. The van der Waals surface area contributed by atoms with Gasteiger partial charge in [-0.1, -0.05) is 18.7 Å². The first-order valence-corrected chi connectivity index (χ1v) is 7.81. The summed E-state index contributed by atoms with van der Waals surface area (Å²) in [6, 6.07) is 7.32. The van der Waals surface area contributed by atoms with Crippen LogP contribution in [0.1, 0.15) is 15.2 Å². The molecule has 2 N–H and O–H groups in total. The molecule has 0 fully saturated rings. The van der Waals surface area contributed by atoms with Crippen LogP contribution < -0.4 is 0 Å². The van der Waals surface area contributed by atoms with Crippen LogP contribution in [0.4, 0.5) is 0 Å². The summed E-state index contributed by atoms with van der Waals surface area (Å²) in [5.74, 6) is -0.366. The molecule has 0 radical (unpaired) electrons. The lowest BCUT2D eigenvalue weighted by Crippen LogP contribution is -2.02. The normalized spacial score (nSPS) is 10.9. The number of benzene rings is 1. The number of rotatable bonds is 5. The van der Waals surface area contributed by atoms with Crippen LogP contribution in [0.3, 0.4) is 0 Å². The minimum atomic E-state index is -1.95. The molecule has 0 amide bonds. The number of fused-ring (bicyclic) bond motifs is 1. The molecule has 0 aliphatic carbocycles. The first kappa shape index (κ1) is 14.2. The summed E-state index contributed by atoms with van der Waals surface area (Å²) in [5.41, 5.74) is 0.840. The molecule has 0 atom stereocenters. The van der Waals surface area contributed by atoms with Crippen molar-refractivity contribution in [1.29, 1.82) is 0 Å². The summed E-state index contributed by atoms with van der Waals surface area (Å²) in [7, 11) is -1.95. The van der Waals surface area contributed by atoms with Crippen LogP contribution in [-0.2, 0) is 10.9 Å². The molecule has 0 aliphatic rings. The molecule has 0 saturated heterocycles. The largest absolute Gasteiger partial charge is 0.457 e. The highest BCUT2D eigenvalue weighted by Crippen LogP contribution is 2.32. The maximum atomic E-state index is 11.7. The van der Waals surface area contributed by atoms with E-state index in [0.717, 1.165) is 15.6 Å². The Kier molecular flexibility index (Phi) is 4.66. The van der Waals surface area contributed by atoms with Crippen LogP contribution in [0.5, 0.6) is 0 Å². The van der Waals surface area contributed by atoms with Gasteiger partial charge in [-0.2, -0.15) is 0 Å². The third-order valence-electron chi connectivity index (χ3n) is 2.44. The third kappa shape index (κ3) is 3.61. The van der Waals surface area contributed by atoms with E-state index in [4.69, 9.17) is 14.5 Å². The van der Waals surface area contributed by atoms with Gasteiger partial charge in [0.05, 0.1) is 0 Å². The average Bonchev–Trinajstić information content (AvgIpc) is 2.78. The van der Waals surface area contributed by atoms with E-state index >= 15 is 0 Å². The van der Waals surface area contributed by atoms with Crippen LogP contribution in [0.15, 0.2) is 36.9 Å². The van der Waals surface area contributed by atoms with Crippen molar-refractivity contribution in [1.82, 2.24) is 0 Å². The Morgan fingerprint density at radius 3 is 2.89 bits per heavy atom. The molecule has 0 bridgehead atoms. The van der Waals surface area contributed by atoms with Crippen LogP contribution in [0.25, 0.3) is 10.1 Å². The Morgan fingerprint density at radius 2 is 2.21 bits per heavy atom. The maximum absolute atomic E-state index is 11.7. The molecule has 6 heteroatoms. The van der Waals surface area contributed by atoms with Gasteiger partial charge in [0.2, 0.25) is 0 Å². The number of carbonyl (C=O) groups is 1. The van der Waals surface area contributed by atoms with Gasteiger partial charge < -0.3 is 14.5 Å². The van der Waals surface area contributed by atoms with Gasteiger partial charge >= 0.3 is 5.97 Å². The van der Waals surface area contributed by atoms with E-state index < -0.39 is 8.38 Å². The molecule has 0 saturated carbocycles. The van der Waals surface area contributed by atoms with Crippen molar-refractivity contribution in [2.24, 2.45) is 0 Å². The monoisotopic (exact) mass is 296 g/mol. The molecule has 1 aromatic heterocycles. The number of hydrogen-bond acceptors (Lipinski definition) is 5. The highest BCUT2D eigenvalue weighted by atomic mass is 32.1. The zero-order valence-electron chi connectivity index (χ0n) is 10.1. The fraction of sp³-hybridized carbons (Fsp3) is 0.154. The van der Waals surface area contributed by atoms with Gasteiger partial charge in [-0.25, -0.2) is 4.79 Å². The van der Waals surface area contributed by atoms with Crippen molar-refractivity contribution in [2.45, 2.75) is 6.16 Å². The van der Waals surface area contributed by atoms with Crippen molar-refractivity contribution in [3.8, 4) is 0 Å². The molecule has 2 rings (SSSR count). The molecule has 1 aromatic carbocycles. The summed E-state index contributed by atoms with van der Waals surface area (Å²) in [6.45, 7) is 3.68. The topological polar surface area (TPSA) is 66.8 Å². The van der Waals surface area contributed by atoms with Crippen molar-refractivity contribution in [2.75, 3.05) is 6.61 Å². The van der Waals surface area contributed by atoms with Crippen molar-refractivity contribution < 1.29 is 19.3 Å². The van der Waals surface area contributed by atoms with E-state index in [2.05, 4.69) is 6.58 Å². The highest BCUT2D eigenvalue weighted by Gasteiger charge is 2.12. The van der Waals surface area contributed by atoms with E-state index in [1.807, 2.05) is 18.2 Å². The predicted molar refractivity (Wildman–Crippen MR) is 77.4 cm³/mol. The predicted octanol–water partition coefficient (Wildman–Crippen LogP) is 3.04. The van der Waals surface area contributed by atoms with E-state index in [1.165, 1.54) is 17.4 Å². The van der Waals surface area contributed by atoms with Crippen molar-refractivity contribution in [3.63, 3.8) is 0 Å². The zero-order chi connectivity index (χ0) is 13.8. The number of carbonyl (C=O) groups excluding carboxylic acids is 1. The summed E-state index contributed by atoms with van der Waals surface area (Å²) in [6.07, 6.45) is 1.76. The number of ether oxygens (including phenoxy) is 1. The molecule has 100 valence electrons. The quantitative estimate of drug-likeness (QED) is 0.505. The van der Waals surface area contributed by atoms with Gasteiger partial charge in [0.15, 0.2) is 8.38 Å². The van der Waals surface area contributed by atoms with Gasteiger partial charge in [-0.15, -0.1) is 11.3 Å². The fourth-order valence-electron chi connectivity index (χ4n) is 1.66. The number of hydrogen-bond donors (Lipinski definition) is 2. The van der Waals surface area contributed by atoms with Crippen molar-refractivity contribution >= 4 is 35.8 Å². The SMILES string of the molecule is C=CCOC(=O)c1cc2cc(CP(O)O)ccc2s1. The molecule has 1 heterocycles. The minimum Gasteiger partial charge on any atom is -0.457 e. The van der Waals surface area contributed by atoms with Gasteiger partial charge in [-0.3, -0.25) is 0 Å². The Morgan fingerprint density at radius 1 is 1.42 bits per heavy atom. The Hall–Kier alpha value is -1.26. The first-order valence-electron chi connectivity index (χ1n) is 5.56. The molecular formula is C13H13O4PS. The summed E-state index contributed by atoms with van der Waals surface area (Å²) in [4.78, 5) is 30.2. The lowest BCUT2D eigenvalue weighted by Gasteiger charge is -2.01. The minimum absolute atomic E-state index is 0.192. The highest BCUT2D eigenvalue weighted by molar-refractivity contribution is 7.44. The van der Waals surface area contributed by atoms with Crippen LogP contribution >= 0.6 is 19.7 Å². The first-order chi connectivity index (χ1) is 9.10. The summed E-state index contributed by atoms with van der Waals surface area (Å²) >= 11 is 1.35. The molecule has 0 unspecified atom stereocenters. The Labute approximate surface area is 115 Å². The van der Waals surface area contributed by atoms with E-state index in [9.17, 15) is 4.79 Å². The summed E-state index contributed by atoms with van der Waals surface area (Å²) < 4.78 is 5.95. The second kappa shape index (κ2) is 6.26. The smallest absolute Gasteiger partial charge is 0.348 e. The lowest BCUT2D eigenvalue weighted by molar-refractivity contribution is 0.0555. The van der Waals surface area contributed by atoms with E-state index in [-0.39, 0.29) is 18.7 Å². The molecule has 0 aliphatic heterocycles. The molecule has 19 heavy (non-hydrogen) atoms. The lowest BCUT2D eigenvalue weighted by atomic mass is 10.2. The second-order valence-electron chi connectivity index (χ2n) is 3.90. The van der Waals surface area contributed by atoms with Gasteiger partial charge in [-0.05, 0) is 29.1 Å². The average molecular weight is 296 g/mol. The van der Waals surface area contributed by atoms with Crippen LogP contribution in [0, 0.1) is 0 Å². The number of thiophene rings is 1. The molecule has 0 spiro atoms. The van der Waals surface area contributed by atoms with E-state index in [0.29, 0.717) is 4.88 Å². The number of esters is 1. The van der Waals surface area contributed by atoms with Crippen molar-refractivity contribution in [3.05, 3.63) is 47.4 Å². The fourth-order valence-corrected chi connectivity index (χ4v) is 3.12. The summed E-state index contributed by atoms with van der Waals surface area (Å²) in [5, 5.41) is 0.907. The van der Waals surface area contributed by atoms with Gasteiger partial charge in [0.25, 0.3) is 0 Å².